The van der Waals surface area contributed by atoms with Crippen LogP contribution < -0.4 is 0 Å². The van der Waals surface area contributed by atoms with Gasteiger partial charge in [-0.2, -0.15) is 10.1 Å². The summed E-state index contributed by atoms with van der Waals surface area (Å²) in [4.78, 5) is 5.55. The summed E-state index contributed by atoms with van der Waals surface area (Å²) in [6, 6.07) is 4.00. The molecule has 0 bridgehead atoms. The molecule has 0 saturated heterocycles. The summed E-state index contributed by atoms with van der Waals surface area (Å²) in [5.74, 6) is 2.27. The highest BCUT2D eigenvalue weighted by Gasteiger charge is 2.44. The van der Waals surface area contributed by atoms with Gasteiger partial charge in [0.2, 0.25) is 11.7 Å². The topological polar surface area (TPSA) is 56.7 Å². The van der Waals surface area contributed by atoms with Crippen molar-refractivity contribution in [1.82, 2.24) is 19.9 Å². The monoisotopic (exact) mass is 272 g/mol. The summed E-state index contributed by atoms with van der Waals surface area (Å²) in [5.41, 5.74) is 1.25. The van der Waals surface area contributed by atoms with E-state index in [1.54, 1.807) is 11.3 Å². The second-order valence-corrected chi connectivity index (χ2v) is 5.78. The first-order chi connectivity index (χ1) is 9.31. The maximum Gasteiger partial charge on any atom is 0.230 e. The molecule has 6 heteroatoms. The molecule has 1 aliphatic carbocycles. The van der Waals surface area contributed by atoms with E-state index in [4.69, 9.17) is 4.52 Å². The van der Waals surface area contributed by atoms with Crippen molar-refractivity contribution < 1.29 is 4.52 Å². The van der Waals surface area contributed by atoms with E-state index in [-0.39, 0.29) is 0 Å². The van der Waals surface area contributed by atoms with Crippen LogP contribution in [0.25, 0.3) is 10.7 Å². The van der Waals surface area contributed by atoms with Crippen LogP contribution in [0.4, 0.5) is 0 Å². The first kappa shape index (κ1) is 10.9. The van der Waals surface area contributed by atoms with Gasteiger partial charge in [0, 0.05) is 19.2 Å². The van der Waals surface area contributed by atoms with Crippen LogP contribution in [-0.4, -0.2) is 19.9 Å². The second-order valence-electron chi connectivity index (χ2n) is 4.83. The van der Waals surface area contributed by atoms with E-state index in [1.165, 1.54) is 5.56 Å². The molecule has 0 aromatic carbocycles. The summed E-state index contributed by atoms with van der Waals surface area (Å²) in [5, 5.41) is 10.3. The highest BCUT2D eigenvalue weighted by Crippen LogP contribution is 2.54. The molecule has 2 atom stereocenters. The normalized spacial score (nSPS) is 21.7. The molecule has 0 unspecified atom stereocenters. The van der Waals surface area contributed by atoms with Gasteiger partial charge in [-0.3, -0.25) is 4.68 Å². The fourth-order valence-electron chi connectivity index (χ4n) is 2.36. The molecule has 3 aromatic rings. The lowest BCUT2D eigenvalue weighted by molar-refractivity contribution is 0.378. The summed E-state index contributed by atoms with van der Waals surface area (Å²) >= 11 is 1.62. The van der Waals surface area contributed by atoms with Gasteiger partial charge in [0.05, 0.1) is 11.1 Å². The standard InChI is InChI=1S/C13H12N4OS/c1-17-7-8(6-14-17)9-5-10(9)13-15-12(16-18-13)11-3-2-4-19-11/h2-4,6-7,9-10H,5H2,1H3/t9-,10+/m0/s1. The number of hydrogen-bond acceptors (Lipinski definition) is 5. The molecule has 1 aliphatic rings. The van der Waals surface area contributed by atoms with Gasteiger partial charge in [-0.05, 0) is 29.3 Å². The zero-order valence-electron chi connectivity index (χ0n) is 10.4. The third-order valence-electron chi connectivity index (χ3n) is 3.44. The van der Waals surface area contributed by atoms with Gasteiger partial charge in [-0.1, -0.05) is 11.2 Å². The van der Waals surface area contributed by atoms with Gasteiger partial charge in [-0.15, -0.1) is 11.3 Å². The molecule has 0 N–H and O–H groups in total. The smallest absolute Gasteiger partial charge is 0.230 e. The molecular formula is C13H12N4OS. The molecule has 5 nitrogen and oxygen atoms in total. The van der Waals surface area contributed by atoms with Crippen LogP contribution in [0.2, 0.25) is 0 Å². The van der Waals surface area contributed by atoms with Crippen molar-refractivity contribution in [3.05, 3.63) is 41.4 Å². The van der Waals surface area contributed by atoms with Gasteiger partial charge in [-0.25, -0.2) is 0 Å². The van der Waals surface area contributed by atoms with Crippen LogP contribution >= 0.6 is 11.3 Å². The zero-order valence-corrected chi connectivity index (χ0v) is 11.2. The Balaban J connectivity index is 1.56. The van der Waals surface area contributed by atoms with Crippen LogP contribution in [0.3, 0.4) is 0 Å². The predicted octanol–water partition coefficient (Wildman–Crippen LogP) is 2.80. The summed E-state index contributed by atoms with van der Waals surface area (Å²) in [6.45, 7) is 0. The van der Waals surface area contributed by atoms with Crippen molar-refractivity contribution in [3.63, 3.8) is 0 Å². The van der Waals surface area contributed by atoms with Crippen LogP contribution in [0, 0.1) is 0 Å². The number of hydrogen-bond donors (Lipinski definition) is 0. The van der Waals surface area contributed by atoms with E-state index in [1.807, 2.05) is 35.4 Å². The van der Waals surface area contributed by atoms with Crippen molar-refractivity contribution in [2.75, 3.05) is 0 Å². The molecule has 1 saturated carbocycles. The van der Waals surface area contributed by atoms with Crippen molar-refractivity contribution in [1.29, 1.82) is 0 Å². The number of aryl methyl sites for hydroxylation is 1. The SMILES string of the molecule is Cn1cc([C@@H]2C[C@H]2c2nc(-c3cccs3)no2)cn1. The van der Waals surface area contributed by atoms with Crippen molar-refractivity contribution in [2.24, 2.45) is 7.05 Å². The number of aromatic nitrogens is 4. The lowest BCUT2D eigenvalue weighted by Gasteiger charge is -1.90. The number of rotatable bonds is 3. The molecule has 19 heavy (non-hydrogen) atoms. The number of nitrogens with zero attached hydrogens (tertiary/aromatic N) is 4. The van der Waals surface area contributed by atoms with Gasteiger partial charge >= 0.3 is 0 Å². The molecule has 3 heterocycles. The van der Waals surface area contributed by atoms with Crippen LogP contribution in [0.5, 0.6) is 0 Å². The Kier molecular flexibility index (Phi) is 2.32. The molecule has 0 aliphatic heterocycles. The van der Waals surface area contributed by atoms with Gasteiger partial charge in [0.15, 0.2) is 0 Å². The highest BCUT2D eigenvalue weighted by atomic mass is 32.1. The van der Waals surface area contributed by atoms with Gasteiger partial charge in [0.25, 0.3) is 0 Å². The molecule has 3 aromatic heterocycles. The van der Waals surface area contributed by atoms with E-state index in [0.717, 1.165) is 17.2 Å². The summed E-state index contributed by atoms with van der Waals surface area (Å²) in [7, 11) is 1.93. The van der Waals surface area contributed by atoms with Crippen molar-refractivity contribution in [3.8, 4) is 10.7 Å². The lowest BCUT2D eigenvalue weighted by Crippen LogP contribution is -1.85. The minimum absolute atomic E-state index is 0.352. The largest absolute Gasteiger partial charge is 0.339 e. The number of thiophene rings is 1. The van der Waals surface area contributed by atoms with Gasteiger partial charge in [0.1, 0.15) is 0 Å². The van der Waals surface area contributed by atoms with Gasteiger partial charge < -0.3 is 4.52 Å². The third-order valence-corrected chi connectivity index (χ3v) is 4.31. The van der Waals surface area contributed by atoms with E-state index in [0.29, 0.717) is 17.7 Å². The minimum atomic E-state index is 0.352. The van der Waals surface area contributed by atoms with Crippen LogP contribution in [0.1, 0.15) is 29.7 Å². The quantitative estimate of drug-likeness (QED) is 0.735. The van der Waals surface area contributed by atoms with E-state index in [9.17, 15) is 0 Å². The molecule has 96 valence electrons. The minimum Gasteiger partial charge on any atom is -0.339 e. The first-order valence-corrected chi connectivity index (χ1v) is 7.05. The van der Waals surface area contributed by atoms with Crippen molar-refractivity contribution >= 4 is 11.3 Å². The Morgan fingerprint density at radius 3 is 3.11 bits per heavy atom. The average molecular weight is 272 g/mol. The second kappa shape index (κ2) is 4.03. The Morgan fingerprint density at radius 2 is 2.37 bits per heavy atom. The molecule has 0 spiro atoms. The maximum atomic E-state index is 5.39. The molecular weight excluding hydrogens is 260 g/mol. The predicted molar refractivity (Wildman–Crippen MR) is 70.9 cm³/mol. The molecule has 4 rings (SSSR count). The maximum absolute atomic E-state index is 5.39. The lowest BCUT2D eigenvalue weighted by atomic mass is 10.2. The van der Waals surface area contributed by atoms with Crippen LogP contribution in [-0.2, 0) is 7.05 Å². The van der Waals surface area contributed by atoms with Crippen molar-refractivity contribution in [2.45, 2.75) is 18.3 Å². The molecule has 0 radical (unpaired) electrons. The fourth-order valence-corrected chi connectivity index (χ4v) is 3.01. The zero-order chi connectivity index (χ0) is 12.8. The van der Waals surface area contributed by atoms with E-state index >= 15 is 0 Å². The third kappa shape index (κ3) is 1.88. The summed E-state index contributed by atoms with van der Waals surface area (Å²) in [6.07, 6.45) is 5.04. The first-order valence-electron chi connectivity index (χ1n) is 6.17. The highest BCUT2D eigenvalue weighted by molar-refractivity contribution is 7.13. The Bertz CT molecular complexity index is 700. The van der Waals surface area contributed by atoms with Crippen LogP contribution in [0.15, 0.2) is 34.4 Å². The Morgan fingerprint density at radius 1 is 1.42 bits per heavy atom. The average Bonchev–Trinajstić information content (AvgIpc) is 2.86. The Labute approximate surface area is 113 Å². The van der Waals surface area contributed by atoms with E-state index < -0.39 is 0 Å². The van der Waals surface area contributed by atoms with E-state index in [2.05, 4.69) is 21.4 Å². The Hall–Kier alpha value is -1.95. The molecule has 0 amide bonds. The summed E-state index contributed by atoms with van der Waals surface area (Å²) < 4.78 is 7.22. The fraction of sp³-hybridized carbons (Fsp3) is 0.308. The molecule has 1 fully saturated rings.